The van der Waals surface area contributed by atoms with Crippen molar-refractivity contribution in [2.45, 2.75) is 25.7 Å². The third kappa shape index (κ3) is 3.00. The highest BCUT2D eigenvalue weighted by Crippen LogP contribution is 2.29. The minimum absolute atomic E-state index is 0.240. The van der Waals surface area contributed by atoms with Crippen LogP contribution in [0, 0.1) is 0 Å². The van der Waals surface area contributed by atoms with Gasteiger partial charge in [0.25, 0.3) is 0 Å². The van der Waals surface area contributed by atoms with Gasteiger partial charge in [0.1, 0.15) is 5.75 Å². The number of carbonyl (C=O) groups is 2. The number of hydrogen-bond acceptors (Lipinski definition) is 3. The summed E-state index contributed by atoms with van der Waals surface area (Å²) in [6.07, 6.45) is -0.240. The molecule has 0 radical (unpaired) electrons. The second-order valence-electron chi connectivity index (χ2n) is 4.24. The van der Waals surface area contributed by atoms with E-state index in [0.29, 0.717) is 17.9 Å². The van der Waals surface area contributed by atoms with Crippen LogP contribution in [0.25, 0.3) is 0 Å². The summed E-state index contributed by atoms with van der Waals surface area (Å²) in [4.78, 5) is 22.3. The molecule has 0 bridgehead atoms. The van der Waals surface area contributed by atoms with Gasteiger partial charge in [-0.2, -0.15) is 0 Å². The van der Waals surface area contributed by atoms with Crippen molar-refractivity contribution >= 4 is 11.9 Å². The molecule has 0 aliphatic heterocycles. The molecule has 18 heavy (non-hydrogen) atoms. The maximum atomic E-state index is 11.3. The Morgan fingerprint density at radius 2 is 1.89 bits per heavy atom. The van der Waals surface area contributed by atoms with Crippen molar-refractivity contribution in [1.82, 2.24) is 0 Å². The Kier molecular flexibility index (Phi) is 4.31. The van der Waals surface area contributed by atoms with E-state index in [2.05, 4.69) is 0 Å². The molecule has 5 nitrogen and oxygen atoms in total. The molecule has 0 unspecified atom stereocenters. The first-order valence-corrected chi connectivity index (χ1v) is 5.65. The van der Waals surface area contributed by atoms with Crippen LogP contribution in [0.5, 0.6) is 5.75 Å². The second kappa shape index (κ2) is 5.53. The molecule has 1 amide bonds. The monoisotopic (exact) mass is 251 g/mol. The standard InChI is InChI=1S/C13H17NO4/c1-3-18-10-6-4-9(5-7-10)13(2,12(16)17)8-11(14)15/h4-7H,3,8H2,1-2H3,(H2,14,15)(H,16,17)/t13-/m1/s1. The van der Waals surface area contributed by atoms with Crippen molar-refractivity contribution in [2.24, 2.45) is 5.73 Å². The maximum absolute atomic E-state index is 11.3. The zero-order valence-corrected chi connectivity index (χ0v) is 10.5. The number of hydrogen-bond donors (Lipinski definition) is 2. The number of benzene rings is 1. The molecule has 1 rings (SSSR count). The van der Waals surface area contributed by atoms with Gasteiger partial charge in [-0.15, -0.1) is 0 Å². The van der Waals surface area contributed by atoms with Crippen LogP contribution in [0.1, 0.15) is 25.8 Å². The summed E-state index contributed by atoms with van der Waals surface area (Å²) < 4.78 is 5.28. The molecular formula is C13H17NO4. The van der Waals surface area contributed by atoms with Gasteiger partial charge in [-0.1, -0.05) is 12.1 Å². The Balaban J connectivity index is 3.06. The summed E-state index contributed by atoms with van der Waals surface area (Å²) in [6.45, 7) is 3.88. The Morgan fingerprint density at radius 1 is 1.33 bits per heavy atom. The van der Waals surface area contributed by atoms with E-state index in [-0.39, 0.29) is 6.42 Å². The molecule has 0 spiro atoms. The topological polar surface area (TPSA) is 89.6 Å². The highest BCUT2D eigenvalue weighted by atomic mass is 16.5. The summed E-state index contributed by atoms with van der Waals surface area (Å²) in [6, 6.07) is 6.64. The van der Waals surface area contributed by atoms with Crippen LogP contribution in [0.15, 0.2) is 24.3 Å². The lowest BCUT2D eigenvalue weighted by molar-refractivity contribution is -0.145. The molecule has 98 valence electrons. The van der Waals surface area contributed by atoms with E-state index < -0.39 is 17.3 Å². The molecule has 0 saturated carbocycles. The first-order valence-electron chi connectivity index (χ1n) is 5.65. The number of aliphatic carboxylic acids is 1. The van der Waals surface area contributed by atoms with E-state index >= 15 is 0 Å². The van der Waals surface area contributed by atoms with Gasteiger partial charge in [-0.05, 0) is 31.5 Å². The SMILES string of the molecule is CCOc1ccc([C@@](C)(CC(N)=O)C(=O)O)cc1. The predicted molar refractivity (Wildman–Crippen MR) is 66.4 cm³/mol. The zero-order chi connectivity index (χ0) is 13.8. The molecule has 3 N–H and O–H groups in total. The highest BCUT2D eigenvalue weighted by molar-refractivity contribution is 5.88. The van der Waals surface area contributed by atoms with Crippen LogP contribution in [0.3, 0.4) is 0 Å². The Morgan fingerprint density at radius 3 is 2.28 bits per heavy atom. The van der Waals surface area contributed by atoms with E-state index in [4.69, 9.17) is 10.5 Å². The van der Waals surface area contributed by atoms with E-state index in [1.807, 2.05) is 6.92 Å². The van der Waals surface area contributed by atoms with Crippen molar-refractivity contribution in [2.75, 3.05) is 6.61 Å². The first kappa shape index (κ1) is 14.0. The van der Waals surface area contributed by atoms with Crippen LogP contribution in [-0.2, 0) is 15.0 Å². The Bertz CT molecular complexity index is 441. The van der Waals surface area contributed by atoms with Gasteiger partial charge in [0.2, 0.25) is 5.91 Å². The Hall–Kier alpha value is -2.04. The first-order chi connectivity index (χ1) is 8.40. The van der Waals surface area contributed by atoms with Crippen LogP contribution in [0.2, 0.25) is 0 Å². The fraction of sp³-hybridized carbons (Fsp3) is 0.385. The number of rotatable bonds is 6. The molecule has 5 heteroatoms. The molecule has 0 heterocycles. The number of primary amides is 1. The van der Waals surface area contributed by atoms with Gasteiger partial charge in [0, 0.05) is 6.42 Å². The lowest BCUT2D eigenvalue weighted by Gasteiger charge is -2.24. The van der Waals surface area contributed by atoms with Gasteiger partial charge in [0.15, 0.2) is 0 Å². The molecular weight excluding hydrogens is 234 g/mol. The number of carbonyl (C=O) groups excluding carboxylic acids is 1. The summed E-state index contributed by atoms with van der Waals surface area (Å²) >= 11 is 0. The average molecular weight is 251 g/mol. The van der Waals surface area contributed by atoms with Crippen LogP contribution < -0.4 is 10.5 Å². The lowest BCUT2D eigenvalue weighted by Crippen LogP contribution is -2.37. The van der Waals surface area contributed by atoms with Gasteiger partial charge >= 0.3 is 5.97 Å². The molecule has 0 aliphatic carbocycles. The predicted octanol–water partition coefficient (Wildman–Crippen LogP) is 1.30. The summed E-state index contributed by atoms with van der Waals surface area (Å²) in [5.41, 5.74) is 4.32. The fourth-order valence-corrected chi connectivity index (χ4v) is 1.74. The Labute approximate surface area is 106 Å². The van der Waals surface area contributed by atoms with Crippen molar-refractivity contribution in [3.8, 4) is 5.75 Å². The number of amides is 1. The number of nitrogens with two attached hydrogens (primary N) is 1. The van der Waals surface area contributed by atoms with E-state index in [9.17, 15) is 14.7 Å². The van der Waals surface area contributed by atoms with Gasteiger partial charge in [-0.25, -0.2) is 0 Å². The second-order valence-corrected chi connectivity index (χ2v) is 4.24. The maximum Gasteiger partial charge on any atom is 0.314 e. The molecule has 1 aromatic carbocycles. The fourth-order valence-electron chi connectivity index (χ4n) is 1.74. The number of ether oxygens (including phenoxy) is 1. The highest BCUT2D eigenvalue weighted by Gasteiger charge is 2.36. The summed E-state index contributed by atoms with van der Waals surface area (Å²) in [5.74, 6) is -1.06. The third-order valence-corrected chi connectivity index (χ3v) is 2.80. The molecule has 0 saturated heterocycles. The molecule has 0 fully saturated rings. The van der Waals surface area contributed by atoms with E-state index in [1.54, 1.807) is 24.3 Å². The van der Waals surface area contributed by atoms with Gasteiger partial charge < -0.3 is 15.6 Å². The normalized spacial score (nSPS) is 13.7. The van der Waals surface area contributed by atoms with Crippen molar-refractivity contribution in [3.05, 3.63) is 29.8 Å². The summed E-state index contributed by atoms with van der Waals surface area (Å²) in [7, 11) is 0. The summed E-state index contributed by atoms with van der Waals surface area (Å²) in [5, 5.41) is 9.27. The van der Waals surface area contributed by atoms with Crippen LogP contribution in [-0.4, -0.2) is 23.6 Å². The van der Waals surface area contributed by atoms with Crippen molar-refractivity contribution in [1.29, 1.82) is 0 Å². The van der Waals surface area contributed by atoms with E-state index in [1.165, 1.54) is 6.92 Å². The van der Waals surface area contributed by atoms with Gasteiger partial charge in [-0.3, -0.25) is 9.59 Å². The largest absolute Gasteiger partial charge is 0.494 e. The smallest absolute Gasteiger partial charge is 0.314 e. The van der Waals surface area contributed by atoms with Crippen LogP contribution >= 0.6 is 0 Å². The minimum Gasteiger partial charge on any atom is -0.494 e. The third-order valence-electron chi connectivity index (χ3n) is 2.80. The quantitative estimate of drug-likeness (QED) is 0.797. The van der Waals surface area contributed by atoms with Crippen LogP contribution in [0.4, 0.5) is 0 Å². The van der Waals surface area contributed by atoms with E-state index in [0.717, 1.165) is 0 Å². The van der Waals surface area contributed by atoms with Crippen molar-refractivity contribution < 1.29 is 19.4 Å². The molecule has 1 aromatic rings. The molecule has 0 aliphatic rings. The zero-order valence-electron chi connectivity index (χ0n) is 10.5. The van der Waals surface area contributed by atoms with Gasteiger partial charge in [0.05, 0.1) is 12.0 Å². The van der Waals surface area contributed by atoms with Crippen molar-refractivity contribution in [3.63, 3.8) is 0 Å². The lowest BCUT2D eigenvalue weighted by atomic mass is 9.79. The molecule has 0 aromatic heterocycles. The number of carboxylic acids is 1. The molecule has 1 atom stereocenters. The number of carboxylic acid groups (broad SMARTS) is 1. The minimum atomic E-state index is -1.31. The average Bonchev–Trinajstić information content (AvgIpc) is 2.29.